The first kappa shape index (κ1) is 33.0. The largest absolute Gasteiger partial charge is 0.480 e. The van der Waals surface area contributed by atoms with Crippen molar-refractivity contribution in [1.29, 1.82) is 0 Å². The van der Waals surface area contributed by atoms with E-state index < -0.39 is 18.5 Å². The number of carbonyl (C=O) groups is 3. The van der Waals surface area contributed by atoms with Gasteiger partial charge in [0.2, 0.25) is 5.91 Å². The number of rotatable bonds is 18. The van der Waals surface area contributed by atoms with E-state index in [2.05, 4.69) is 12.2 Å². The molecule has 154 valence electrons. The molecule has 1 amide bonds. The van der Waals surface area contributed by atoms with Crippen molar-refractivity contribution >= 4 is 77.0 Å². The van der Waals surface area contributed by atoms with Crippen molar-refractivity contribution in [3.05, 3.63) is 0 Å². The van der Waals surface area contributed by atoms with Crippen molar-refractivity contribution in [1.82, 2.24) is 10.2 Å². The van der Waals surface area contributed by atoms with Gasteiger partial charge in [-0.3, -0.25) is 14.5 Å². The van der Waals surface area contributed by atoms with Gasteiger partial charge in [-0.15, -0.1) is 0 Å². The van der Waals surface area contributed by atoms with Gasteiger partial charge in [-0.05, 0) is 6.42 Å². The summed E-state index contributed by atoms with van der Waals surface area (Å²) in [5.41, 5.74) is 0. The minimum absolute atomic E-state index is 0. The zero-order valence-electron chi connectivity index (χ0n) is 17.9. The molecule has 0 aliphatic rings. The predicted octanol–water partition coefficient (Wildman–Crippen LogP) is 0.970. The van der Waals surface area contributed by atoms with Crippen molar-refractivity contribution in [2.45, 2.75) is 58.3 Å². The summed E-state index contributed by atoms with van der Waals surface area (Å²) in [6, 6.07) is 0. The Bertz CT molecular complexity index is 414. The predicted molar refractivity (Wildman–Crippen MR) is 110 cm³/mol. The van der Waals surface area contributed by atoms with Crippen LogP contribution in [0.25, 0.3) is 0 Å². The van der Waals surface area contributed by atoms with Gasteiger partial charge in [-0.1, -0.05) is 45.4 Å². The second kappa shape index (κ2) is 23.6. The van der Waals surface area contributed by atoms with Crippen LogP contribution in [0.5, 0.6) is 0 Å². The van der Waals surface area contributed by atoms with Crippen LogP contribution in [0.4, 0.5) is 0 Å². The van der Waals surface area contributed by atoms with E-state index in [-0.39, 0.29) is 78.2 Å². The maximum absolute atomic E-state index is 11.8. The first-order valence-corrected chi connectivity index (χ1v) is 9.46. The summed E-state index contributed by atoms with van der Waals surface area (Å²) in [4.78, 5) is 34.6. The summed E-state index contributed by atoms with van der Waals surface area (Å²) in [7, 11) is 0. The fraction of sp³-hybridized carbons (Fsp3) is 0.833. The molecule has 0 spiro atoms. The Balaban J connectivity index is -0.00000312. The molecule has 0 unspecified atom stereocenters. The van der Waals surface area contributed by atoms with Gasteiger partial charge in [0.1, 0.15) is 6.61 Å². The van der Waals surface area contributed by atoms with Crippen LogP contribution in [0.15, 0.2) is 0 Å². The fourth-order valence-corrected chi connectivity index (χ4v) is 2.50. The molecule has 0 aromatic carbocycles. The van der Waals surface area contributed by atoms with E-state index in [1.807, 2.05) is 0 Å². The molecule has 2 radical (unpaired) electrons. The van der Waals surface area contributed by atoms with E-state index in [1.165, 1.54) is 25.7 Å². The molecule has 0 aliphatic heterocycles. The summed E-state index contributed by atoms with van der Waals surface area (Å²) in [6.45, 7) is 2.77. The molecule has 0 fully saturated rings. The Morgan fingerprint density at radius 3 is 2.07 bits per heavy atom. The van der Waals surface area contributed by atoms with Gasteiger partial charge in [0.15, 0.2) is 0 Å². The Morgan fingerprint density at radius 1 is 0.893 bits per heavy atom. The van der Waals surface area contributed by atoms with Gasteiger partial charge >= 0.3 is 11.9 Å². The van der Waals surface area contributed by atoms with Gasteiger partial charge in [-0.25, -0.2) is 4.79 Å². The summed E-state index contributed by atoms with van der Waals surface area (Å²) in [5.74, 6) is -2.05. The summed E-state index contributed by atoms with van der Waals surface area (Å²) in [5, 5.41) is 20.2. The van der Waals surface area contributed by atoms with Crippen LogP contribution in [0.2, 0.25) is 0 Å². The first-order chi connectivity index (χ1) is 12.5. The first-order valence-electron chi connectivity index (χ1n) is 9.46. The number of hydrogen-bond donors (Lipinski definition) is 3. The number of amides is 1. The zero-order valence-corrected chi connectivity index (χ0v) is 21.9. The Morgan fingerprint density at radius 2 is 1.50 bits per heavy atom. The normalized spacial score (nSPS) is 10.1. The zero-order chi connectivity index (χ0) is 19.6. The van der Waals surface area contributed by atoms with Gasteiger partial charge in [0.05, 0.1) is 13.2 Å². The third kappa shape index (κ3) is 24.4. The minimum Gasteiger partial charge on any atom is -0.480 e. The average molecular weight is 420 g/mol. The summed E-state index contributed by atoms with van der Waals surface area (Å²) < 4.78 is 4.91. The van der Waals surface area contributed by atoms with Gasteiger partial charge in [0.25, 0.3) is 0 Å². The minimum atomic E-state index is -1.06. The second-order valence-electron chi connectivity index (χ2n) is 6.34. The molecular weight excluding hydrogens is 386 g/mol. The van der Waals surface area contributed by atoms with Crippen molar-refractivity contribution in [2.24, 2.45) is 0 Å². The fourth-order valence-electron chi connectivity index (χ4n) is 2.50. The van der Waals surface area contributed by atoms with Gasteiger partial charge in [-0.2, -0.15) is 0 Å². The maximum Gasteiger partial charge on any atom is 0.329 e. The number of unbranched alkanes of at least 4 members (excludes halogenated alkanes) is 6. The van der Waals surface area contributed by atoms with Gasteiger partial charge < -0.3 is 20.3 Å². The third-order valence-electron chi connectivity index (χ3n) is 3.89. The molecule has 0 atom stereocenters. The van der Waals surface area contributed by atoms with E-state index in [1.54, 1.807) is 4.90 Å². The number of hydrogen-bond acceptors (Lipinski definition) is 5. The second-order valence-corrected chi connectivity index (χ2v) is 6.34. The SMILES string of the molecule is CCCCCCCCCC(=O)NCCN(CCOCC(=O)O)CC(=O)O.[Na].[Na]. The molecule has 0 saturated carbocycles. The third-order valence-corrected chi connectivity index (χ3v) is 3.89. The Hall–Kier alpha value is 0.330. The number of ether oxygens (including phenoxy) is 1. The quantitative estimate of drug-likeness (QED) is 0.223. The van der Waals surface area contributed by atoms with E-state index >= 15 is 0 Å². The van der Waals surface area contributed by atoms with Crippen LogP contribution < -0.4 is 5.32 Å². The van der Waals surface area contributed by atoms with Crippen molar-refractivity contribution in [3.63, 3.8) is 0 Å². The summed E-state index contributed by atoms with van der Waals surface area (Å²) >= 11 is 0. The molecular formula is C18H34N2Na2O6. The monoisotopic (exact) mass is 420 g/mol. The molecule has 0 aromatic heterocycles. The van der Waals surface area contributed by atoms with Crippen LogP contribution in [-0.2, 0) is 19.1 Å². The van der Waals surface area contributed by atoms with Crippen LogP contribution >= 0.6 is 0 Å². The van der Waals surface area contributed by atoms with E-state index in [9.17, 15) is 14.4 Å². The van der Waals surface area contributed by atoms with Crippen LogP contribution in [-0.4, -0.2) is 131 Å². The molecule has 8 nitrogen and oxygen atoms in total. The Kier molecular flexibility index (Phi) is 27.8. The number of carboxylic acids is 2. The number of nitrogens with one attached hydrogen (secondary N) is 1. The molecule has 10 heteroatoms. The molecule has 28 heavy (non-hydrogen) atoms. The Labute approximate surface area is 212 Å². The molecule has 0 aliphatic carbocycles. The van der Waals surface area contributed by atoms with Crippen LogP contribution in [0.3, 0.4) is 0 Å². The van der Waals surface area contributed by atoms with E-state index in [0.717, 1.165) is 19.3 Å². The molecule has 0 bridgehead atoms. The van der Waals surface area contributed by atoms with Crippen LogP contribution in [0, 0.1) is 0 Å². The van der Waals surface area contributed by atoms with Crippen molar-refractivity contribution in [2.75, 3.05) is 39.4 Å². The number of carboxylic acid groups (broad SMARTS) is 2. The van der Waals surface area contributed by atoms with Crippen molar-refractivity contribution in [3.8, 4) is 0 Å². The molecule has 3 N–H and O–H groups in total. The summed E-state index contributed by atoms with van der Waals surface area (Å²) in [6.07, 6.45) is 8.58. The van der Waals surface area contributed by atoms with Crippen molar-refractivity contribution < 1.29 is 29.3 Å². The number of aliphatic carboxylic acids is 2. The standard InChI is InChI=1S/C18H34N2O6.2Na/c1-2-3-4-5-6-7-8-9-16(21)19-10-11-20(14-17(22)23)12-13-26-15-18(24)25;;/h2-15H2,1H3,(H,19,21)(H,22,23)(H,24,25);;. The maximum atomic E-state index is 11.8. The molecule has 0 rings (SSSR count). The van der Waals surface area contributed by atoms with Gasteiger partial charge in [0, 0.05) is 85.2 Å². The smallest absolute Gasteiger partial charge is 0.329 e. The van der Waals surface area contributed by atoms with E-state index in [0.29, 0.717) is 26.1 Å². The van der Waals surface area contributed by atoms with Crippen LogP contribution in [0.1, 0.15) is 58.3 Å². The molecule has 0 saturated heterocycles. The topological polar surface area (TPSA) is 116 Å². The number of nitrogens with zero attached hydrogens (tertiary/aromatic N) is 1. The molecule has 0 heterocycles. The number of carbonyl (C=O) groups excluding carboxylic acids is 1. The molecule has 0 aromatic rings. The average Bonchev–Trinajstić information content (AvgIpc) is 2.57. The van der Waals surface area contributed by atoms with E-state index in [4.69, 9.17) is 14.9 Å².